The molecule has 1 unspecified atom stereocenters. The number of anilines is 1. The Morgan fingerprint density at radius 2 is 2.00 bits per heavy atom. The van der Waals surface area contributed by atoms with E-state index in [2.05, 4.69) is 59.9 Å². The topological polar surface area (TPSA) is 54.6 Å². The van der Waals surface area contributed by atoms with Gasteiger partial charge in [0.25, 0.3) is 0 Å². The van der Waals surface area contributed by atoms with Gasteiger partial charge in [-0.1, -0.05) is 36.6 Å². The molecule has 170 valence electrons. The van der Waals surface area contributed by atoms with Gasteiger partial charge in [-0.3, -0.25) is 9.80 Å². The molecule has 0 aromatic carbocycles. The maximum absolute atomic E-state index is 5.72. The molecule has 5 heteroatoms. The molecular formula is C26H40N4O. The van der Waals surface area contributed by atoms with Crippen molar-refractivity contribution in [2.75, 3.05) is 38.5 Å². The van der Waals surface area contributed by atoms with Crippen molar-refractivity contribution in [1.82, 2.24) is 14.8 Å². The lowest BCUT2D eigenvalue weighted by molar-refractivity contribution is 0.0627. The Bertz CT molecular complexity index is 738. The summed E-state index contributed by atoms with van der Waals surface area (Å²) in [6, 6.07) is 4.31. The van der Waals surface area contributed by atoms with Crippen molar-refractivity contribution in [2.45, 2.75) is 65.0 Å². The van der Waals surface area contributed by atoms with Crippen LogP contribution in [0.5, 0.6) is 0 Å². The molecule has 1 aromatic heterocycles. The summed E-state index contributed by atoms with van der Waals surface area (Å²) in [6.45, 7) is 12.2. The van der Waals surface area contributed by atoms with Crippen molar-refractivity contribution in [3.05, 3.63) is 47.7 Å². The summed E-state index contributed by atoms with van der Waals surface area (Å²) in [5, 5.41) is 0. The number of allylic oxidation sites excluding steroid dienone is 3. The number of nitrogen functional groups attached to an aromatic ring is 1. The SMILES string of the molecule is C#COC1CCN(C(C)c2ccnc(N)c2)CC1.C/C=C\C=C(/C)CN1CCCCC1. The molecule has 0 amide bonds. The predicted octanol–water partition coefficient (Wildman–Crippen LogP) is 4.79. The average Bonchev–Trinajstić information content (AvgIpc) is 2.79. The van der Waals surface area contributed by atoms with E-state index in [-0.39, 0.29) is 6.10 Å². The van der Waals surface area contributed by atoms with Crippen molar-refractivity contribution in [3.8, 4) is 12.5 Å². The van der Waals surface area contributed by atoms with Crippen LogP contribution in [-0.2, 0) is 4.74 Å². The number of rotatable bonds is 6. The van der Waals surface area contributed by atoms with Crippen LogP contribution in [0.4, 0.5) is 5.82 Å². The zero-order valence-corrected chi connectivity index (χ0v) is 19.6. The Morgan fingerprint density at radius 1 is 1.29 bits per heavy atom. The van der Waals surface area contributed by atoms with Gasteiger partial charge in [-0.25, -0.2) is 4.98 Å². The number of pyridine rings is 1. The fourth-order valence-corrected chi connectivity index (χ4v) is 4.20. The Kier molecular flexibility index (Phi) is 11.2. The first-order valence-electron chi connectivity index (χ1n) is 11.6. The lowest BCUT2D eigenvalue weighted by Gasteiger charge is -2.35. The monoisotopic (exact) mass is 424 g/mol. The number of hydrogen-bond donors (Lipinski definition) is 1. The molecule has 2 aliphatic heterocycles. The van der Waals surface area contributed by atoms with Crippen molar-refractivity contribution in [2.24, 2.45) is 0 Å². The van der Waals surface area contributed by atoms with Crippen LogP contribution >= 0.6 is 0 Å². The van der Waals surface area contributed by atoms with Gasteiger partial charge in [-0.15, -0.1) is 0 Å². The molecule has 0 radical (unpaired) electrons. The summed E-state index contributed by atoms with van der Waals surface area (Å²) >= 11 is 0. The second kappa shape index (κ2) is 13.9. The molecule has 2 saturated heterocycles. The van der Waals surface area contributed by atoms with E-state index in [1.54, 1.807) is 6.20 Å². The average molecular weight is 425 g/mol. The summed E-state index contributed by atoms with van der Waals surface area (Å²) in [7, 11) is 0. The van der Waals surface area contributed by atoms with Gasteiger partial charge >= 0.3 is 0 Å². The number of terminal acetylenes is 1. The van der Waals surface area contributed by atoms with Crippen LogP contribution in [0.25, 0.3) is 0 Å². The third-order valence-corrected chi connectivity index (χ3v) is 6.04. The van der Waals surface area contributed by atoms with E-state index in [0.717, 1.165) is 32.5 Å². The largest absolute Gasteiger partial charge is 0.443 e. The highest BCUT2D eigenvalue weighted by Crippen LogP contribution is 2.25. The minimum Gasteiger partial charge on any atom is -0.443 e. The summed E-state index contributed by atoms with van der Waals surface area (Å²) in [5.74, 6) is 0.574. The number of aromatic nitrogens is 1. The van der Waals surface area contributed by atoms with E-state index in [1.165, 1.54) is 43.5 Å². The first-order valence-corrected chi connectivity index (χ1v) is 11.6. The van der Waals surface area contributed by atoms with Crippen LogP contribution in [0, 0.1) is 12.5 Å². The molecule has 5 nitrogen and oxygen atoms in total. The second-order valence-corrected chi connectivity index (χ2v) is 8.54. The van der Waals surface area contributed by atoms with Crippen LogP contribution in [0.2, 0.25) is 0 Å². The minimum atomic E-state index is 0.209. The molecule has 0 spiro atoms. The number of likely N-dealkylation sites (tertiary alicyclic amines) is 2. The van der Waals surface area contributed by atoms with Gasteiger partial charge in [0.05, 0.1) is 0 Å². The molecule has 0 aliphatic carbocycles. The highest BCUT2D eigenvalue weighted by molar-refractivity contribution is 5.33. The van der Waals surface area contributed by atoms with Gasteiger partial charge in [0.15, 0.2) is 0 Å². The van der Waals surface area contributed by atoms with Gasteiger partial charge in [0, 0.05) is 31.9 Å². The zero-order chi connectivity index (χ0) is 22.5. The van der Waals surface area contributed by atoms with Crippen LogP contribution in [-0.4, -0.2) is 53.6 Å². The number of piperidine rings is 2. The van der Waals surface area contributed by atoms with Crippen molar-refractivity contribution in [3.63, 3.8) is 0 Å². The Labute approximate surface area is 189 Å². The van der Waals surface area contributed by atoms with Gasteiger partial charge in [-0.2, -0.15) is 0 Å². The summed E-state index contributed by atoms with van der Waals surface area (Å²) in [6.07, 6.45) is 22.0. The van der Waals surface area contributed by atoms with E-state index in [1.807, 2.05) is 12.1 Å². The molecule has 2 fully saturated rings. The van der Waals surface area contributed by atoms with Crippen LogP contribution in [0.15, 0.2) is 42.1 Å². The summed E-state index contributed by atoms with van der Waals surface area (Å²) in [4.78, 5) is 9.00. The molecule has 1 aromatic rings. The predicted molar refractivity (Wildman–Crippen MR) is 130 cm³/mol. The number of hydrogen-bond acceptors (Lipinski definition) is 5. The van der Waals surface area contributed by atoms with Gasteiger partial charge in [0.1, 0.15) is 18.0 Å². The standard InChI is InChI=1S/C14H19N3O.C12H21N/c1-3-18-13-5-8-17(9-6-13)11(2)12-4-7-16-14(15)10-12;1-3-4-8-12(2)11-13-9-6-5-7-10-13/h1,4,7,10-11,13H,5-6,8-9H2,2H3,(H2,15,16);3-4,8H,5-7,9-11H2,1-2H3/b;4-3-,12-8+. The second-order valence-electron chi connectivity index (χ2n) is 8.54. The van der Waals surface area contributed by atoms with Crippen LogP contribution in [0.1, 0.15) is 64.5 Å². The van der Waals surface area contributed by atoms with E-state index in [0.29, 0.717) is 11.9 Å². The van der Waals surface area contributed by atoms with E-state index in [9.17, 15) is 0 Å². The molecule has 3 rings (SSSR count). The Morgan fingerprint density at radius 3 is 2.61 bits per heavy atom. The summed E-state index contributed by atoms with van der Waals surface area (Å²) < 4.78 is 5.21. The van der Waals surface area contributed by atoms with Crippen molar-refractivity contribution < 1.29 is 4.74 Å². The normalized spacial score (nSPS) is 20.0. The van der Waals surface area contributed by atoms with Gasteiger partial charge in [-0.05, 0) is 77.2 Å². The Hall–Kier alpha value is -2.29. The van der Waals surface area contributed by atoms with E-state index >= 15 is 0 Å². The smallest absolute Gasteiger partial charge is 0.123 e. The fourth-order valence-electron chi connectivity index (χ4n) is 4.20. The van der Waals surface area contributed by atoms with Gasteiger partial charge in [0.2, 0.25) is 0 Å². The highest BCUT2D eigenvalue weighted by atomic mass is 16.5. The first kappa shape index (κ1) is 25.0. The van der Waals surface area contributed by atoms with Gasteiger partial charge < -0.3 is 10.5 Å². The molecular weight excluding hydrogens is 384 g/mol. The maximum atomic E-state index is 5.72. The third-order valence-electron chi connectivity index (χ3n) is 6.04. The third kappa shape index (κ3) is 9.16. The molecule has 2 aliphatic rings. The molecule has 3 heterocycles. The van der Waals surface area contributed by atoms with E-state index < -0.39 is 0 Å². The fraction of sp³-hybridized carbons (Fsp3) is 0.577. The van der Waals surface area contributed by atoms with Crippen molar-refractivity contribution >= 4 is 5.82 Å². The lowest BCUT2D eigenvalue weighted by Crippen LogP contribution is -2.38. The van der Waals surface area contributed by atoms with Crippen molar-refractivity contribution in [1.29, 1.82) is 0 Å². The molecule has 31 heavy (non-hydrogen) atoms. The van der Waals surface area contributed by atoms with E-state index in [4.69, 9.17) is 16.9 Å². The number of ether oxygens (including phenoxy) is 1. The number of nitrogens with two attached hydrogens (primary N) is 1. The number of nitrogens with zero attached hydrogens (tertiary/aromatic N) is 3. The van der Waals surface area contributed by atoms with Crippen LogP contribution in [0.3, 0.4) is 0 Å². The molecule has 0 bridgehead atoms. The zero-order valence-electron chi connectivity index (χ0n) is 19.6. The minimum absolute atomic E-state index is 0.209. The quantitative estimate of drug-likeness (QED) is 0.525. The molecule has 1 atom stereocenters. The molecule has 2 N–H and O–H groups in total. The molecule has 0 saturated carbocycles. The van der Waals surface area contributed by atoms with Crippen LogP contribution < -0.4 is 5.73 Å². The maximum Gasteiger partial charge on any atom is 0.123 e. The Balaban J connectivity index is 0.000000233. The summed E-state index contributed by atoms with van der Waals surface area (Å²) in [5.41, 5.74) is 8.40. The first-order chi connectivity index (χ1) is 15.0. The lowest BCUT2D eigenvalue weighted by atomic mass is 10.0. The highest BCUT2D eigenvalue weighted by Gasteiger charge is 2.24.